The summed E-state index contributed by atoms with van der Waals surface area (Å²) in [4.78, 5) is 23.1. The van der Waals surface area contributed by atoms with Gasteiger partial charge in [-0.05, 0) is 46.1 Å². The van der Waals surface area contributed by atoms with Gasteiger partial charge in [0.05, 0.1) is 36.1 Å². The number of ether oxygens (including phenoxy) is 1. The van der Waals surface area contributed by atoms with Gasteiger partial charge < -0.3 is 15.0 Å². The normalized spacial score (nSPS) is 13.8. The molecule has 0 aliphatic carbocycles. The molecule has 160 valence electrons. The van der Waals surface area contributed by atoms with E-state index in [0.717, 1.165) is 46.6 Å². The van der Waals surface area contributed by atoms with Crippen molar-refractivity contribution in [1.29, 1.82) is 0 Å². The van der Waals surface area contributed by atoms with Crippen LogP contribution in [-0.4, -0.2) is 36.3 Å². The highest BCUT2D eigenvalue weighted by molar-refractivity contribution is 5.84. The molecule has 0 atom stereocenters. The summed E-state index contributed by atoms with van der Waals surface area (Å²) >= 11 is 0. The molecule has 0 amide bonds. The van der Waals surface area contributed by atoms with Gasteiger partial charge in [0.2, 0.25) is 0 Å². The Hall–Kier alpha value is -3.84. The van der Waals surface area contributed by atoms with Crippen LogP contribution in [0.3, 0.4) is 0 Å². The standard InChI is InChI=1S/C25H23N5O2/c31-29-24-15-20(7-9-22(24)26-16-18-4-2-1-3-5-18)19-6-8-21-23(14-19)28-25(17-27-21)30-10-12-32-13-11-30/h1-9,14-15,17,26H,10-13,16H2. The van der Waals surface area contributed by atoms with Gasteiger partial charge in [-0.2, -0.15) is 0 Å². The Morgan fingerprint density at radius 3 is 2.53 bits per heavy atom. The summed E-state index contributed by atoms with van der Waals surface area (Å²) in [5.74, 6) is 0.855. The molecule has 0 saturated carbocycles. The number of benzene rings is 3. The Morgan fingerprint density at radius 1 is 0.938 bits per heavy atom. The maximum absolute atomic E-state index is 11.5. The molecule has 0 unspecified atom stereocenters. The van der Waals surface area contributed by atoms with Gasteiger partial charge >= 0.3 is 0 Å². The van der Waals surface area contributed by atoms with Gasteiger partial charge in [-0.25, -0.2) is 4.98 Å². The van der Waals surface area contributed by atoms with Gasteiger partial charge in [0.15, 0.2) is 0 Å². The van der Waals surface area contributed by atoms with Crippen molar-refractivity contribution >= 4 is 28.2 Å². The van der Waals surface area contributed by atoms with E-state index in [1.54, 1.807) is 6.07 Å². The Morgan fingerprint density at radius 2 is 1.72 bits per heavy atom. The minimum atomic E-state index is 0.381. The van der Waals surface area contributed by atoms with Crippen molar-refractivity contribution in [3.63, 3.8) is 0 Å². The van der Waals surface area contributed by atoms with Crippen LogP contribution in [0.25, 0.3) is 22.2 Å². The fourth-order valence-electron chi connectivity index (χ4n) is 3.86. The quantitative estimate of drug-likeness (QED) is 0.431. The number of nitrogens with one attached hydrogen (secondary N) is 1. The molecule has 4 aromatic rings. The summed E-state index contributed by atoms with van der Waals surface area (Å²) in [5, 5.41) is 6.55. The third-order valence-electron chi connectivity index (χ3n) is 5.62. The molecule has 1 aromatic heterocycles. The fourth-order valence-corrected chi connectivity index (χ4v) is 3.86. The van der Waals surface area contributed by atoms with Crippen LogP contribution in [0, 0.1) is 4.91 Å². The van der Waals surface area contributed by atoms with Crippen LogP contribution in [0.1, 0.15) is 5.56 Å². The van der Waals surface area contributed by atoms with Crippen molar-refractivity contribution in [1.82, 2.24) is 9.97 Å². The molecule has 0 spiro atoms. The number of nitroso groups, excluding NO2 is 1. The lowest BCUT2D eigenvalue weighted by Crippen LogP contribution is -2.36. The van der Waals surface area contributed by atoms with Crippen LogP contribution in [0.5, 0.6) is 0 Å². The van der Waals surface area contributed by atoms with Crippen LogP contribution >= 0.6 is 0 Å². The Balaban J connectivity index is 1.41. The average molecular weight is 425 g/mol. The number of hydrogen-bond acceptors (Lipinski definition) is 7. The number of fused-ring (bicyclic) bond motifs is 1. The smallest absolute Gasteiger partial charge is 0.148 e. The van der Waals surface area contributed by atoms with Crippen molar-refractivity contribution in [2.75, 3.05) is 36.5 Å². The minimum absolute atomic E-state index is 0.381. The van der Waals surface area contributed by atoms with Crippen LogP contribution in [0.2, 0.25) is 0 Å². The summed E-state index contributed by atoms with van der Waals surface area (Å²) in [6.07, 6.45) is 1.81. The fraction of sp³-hybridized carbons (Fsp3) is 0.200. The Kier molecular flexibility index (Phi) is 5.72. The molecule has 1 fully saturated rings. The molecule has 0 bridgehead atoms. The number of hydrogen-bond donors (Lipinski definition) is 1. The van der Waals surface area contributed by atoms with Gasteiger partial charge in [0.1, 0.15) is 11.5 Å². The molecule has 1 aliphatic heterocycles. The molecule has 7 heteroatoms. The average Bonchev–Trinajstić information content (AvgIpc) is 2.88. The molecule has 2 heterocycles. The highest BCUT2D eigenvalue weighted by atomic mass is 16.5. The molecule has 1 aliphatic rings. The van der Waals surface area contributed by atoms with Gasteiger partial charge in [-0.3, -0.25) is 4.98 Å². The first kappa shape index (κ1) is 20.1. The Bertz CT molecular complexity index is 1240. The number of nitrogens with zero attached hydrogens (tertiary/aromatic N) is 4. The van der Waals surface area contributed by atoms with Gasteiger partial charge in [-0.15, -0.1) is 4.91 Å². The Labute approximate surface area is 186 Å². The maximum atomic E-state index is 11.5. The van der Waals surface area contributed by atoms with E-state index in [1.807, 2.05) is 66.9 Å². The largest absolute Gasteiger partial charge is 0.379 e. The molecule has 5 rings (SSSR count). The summed E-state index contributed by atoms with van der Waals surface area (Å²) in [5.41, 5.74) is 5.75. The van der Waals surface area contributed by atoms with Crippen molar-refractivity contribution < 1.29 is 4.74 Å². The van der Waals surface area contributed by atoms with E-state index in [1.165, 1.54) is 0 Å². The van der Waals surface area contributed by atoms with E-state index in [4.69, 9.17) is 9.72 Å². The molecular formula is C25H23N5O2. The molecular weight excluding hydrogens is 402 g/mol. The predicted octanol–water partition coefficient (Wildman–Crippen LogP) is 5.14. The first-order chi connectivity index (χ1) is 15.8. The third-order valence-corrected chi connectivity index (χ3v) is 5.62. The van der Waals surface area contributed by atoms with Crippen LogP contribution in [0.4, 0.5) is 17.2 Å². The first-order valence-corrected chi connectivity index (χ1v) is 10.7. The SMILES string of the molecule is O=Nc1cc(-c2ccc3ncc(N4CCOCC4)nc3c2)ccc1NCc1ccccc1. The lowest BCUT2D eigenvalue weighted by molar-refractivity contribution is 0.122. The van der Waals surface area contributed by atoms with E-state index in [2.05, 4.69) is 20.4 Å². The highest BCUT2D eigenvalue weighted by Gasteiger charge is 2.14. The predicted molar refractivity (Wildman–Crippen MR) is 127 cm³/mol. The number of rotatable bonds is 6. The summed E-state index contributed by atoms with van der Waals surface area (Å²) in [6.45, 7) is 3.65. The lowest BCUT2D eigenvalue weighted by atomic mass is 10.0. The van der Waals surface area contributed by atoms with Crippen LogP contribution < -0.4 is 10.2 Å². The van der Waals surface area contributed by atoms with Crippen molar-refractivity contribution in [3.05, 3.63) is 83.4 Å². The number of anilines is 2. The zero-order chi connectivity index (χ0) is 21.8. The second kappa shape index (κ2) is 9.11. The monoisotopic (exact) mass is 425 g/mol. The van der Waals surface area contributed by atoms with Crippen molar-refractivity contribution in [2.24, 2.45) is 5.18 Å². The van der Waals surface area contributed by atoms with Gasteiger partial charge in [-0.1, -0.05) is 42.5 Å². The van der Waals surface area contributed by atoms with Gasteiger partial charge in [0, 0.05) is 19.6 Å². The summed E-state index contributed by atoms with van der Waals surface area (Å²) in [7, 11) is 0. The number of morpholine rings is 1. The van der Waals surface area contributed by atoms with Crippen LogP contribution in [0.15, 0.2) is 78.1 Å². The van der Waals surface area contributed by atoms with Gasteiger partial charge in [0.25, 0.3) is 0 Å². The second-order valence-corrected chi connectivity index (χ2v) is 7.69. The molecule has 1 N–H and O–H groups in total. The maximum Gasteiger partial charge on any atom is 0.148 e. The summed E-state index contributed by atoms with van der Waals surface area (Å²) < 4.78 is 5.43. The molecule has 7 nitrogen and oxygen atoms in total. The third kappa shape index (κ3) is 4.29. The van der Waals surface area contributed by atoms with Crippen LogP contribution in [-0.2, 0) is 11.3 Å². The minimum Gasteiger partial charge on any atom is -0.379 e. The molecule has 3 aromatic carbocycles. The topological polar surface area (TPSA) is 79.7 Å². The van der Waals surface area contributed by atoms with E-state index in [0.29, 0.717) is 31.1 Å². The zero-order valence-electron chi connectivity index (χ0n) is 17.6. The van der Waals surface area contributed by atoms with Crippen molar-refractivity contribution in [3.8, 4) is 11.1 Å². The highest BCUT2D eigenvalue weighted by Crippen LogP contribution is 2.32. The lowest BCUT2D eigenvalue weighted by Gasteiger charge is -2.27. The van der Waals surface area contributed by atoms with E-state index >= 15 is 0 Å². The molecule has 0 radical (unpaired) electrons. The van der Waals surface area contributed by atoms with E-state index < -0.39 is 0 Å². The van der Waals surface area contributed by atoms with E-state index in [9.17, 15) is 4.91 Å². The van der Waals surface area contributed by atoms with E-state index in [-0.39, 0.29) is 0 Å². The molecule has 1 saturated heterocycles. The first-order valence-electron chi connectivity index (χ1n) is 10.7. The zero-order valence-corrected chi connectivity index (χ0v) is 17.6. The number of aromatic nitrogens is 2. The van der Waals surface area contributed by atoms with Crippen molar-refractivity contribution in [2.45, 2.75) is 6.54 Å². The molecule has 32 heavy (non-hydrogen) atoms. The summed E-state index contributed by atoms with van der Waals surface area (Å²) in [6, 6.07) is 21.7. The second-order valence-electron chi connectivity index (χ2n) is 7.69.